The van der Waals surface area contributed by atoms with Crippen LogP contribution in [0.15, 0.2) is 24.3 Å². The number of hydrogen-bond acceptors (Lipinski definition) is 4. The van der Waals surface area contributed by atoms with Gasteiger partial charge in [-0.3, -0.25) is 9.59 Å². The summed E-state index contributed by atoms with van der Waals surface area (Å²) in [6, 6.07) is 6.90. The van der Waals surface area contributed by atoms with Crippen molar-refractivity contribution in [1.29, 1.82) is 0 Å². The maximum absolute atomic E-state index is 13.0. The van der Waals surface area contributed by atoms with Crippen LogP contribution in [0.1, 0.15) is 60.2 Å². The standard InChI is InChI=1S/C18H24O4/c1-3-5-8-13(4-2)18(22-12-11-19)16(20)14-9-6-7-10-15(14)17(18)21/h6-7,9-10,13,19H,3-5,8,11-12H2,1-2H3. The number of carbonyl (C=O) groups excluding carboxylic acids is 2. The molecule has 0 bridgehead atoms. The molecule has 1 aliphatic rings. The average molecular weight is 304 g/mol. The normalized spacial score (nSPS) is 17.6. The monoisotopic (exact) mass is 304 g/mol. The molecule has 120 valence electrons. The van der Waals surface area contributed by atoms with Crippen LogP contribution < -0.4 is 0 Å². The topological polar surface area (TPSA) is 63.6 Å². The molecule has 1 unspecified atom stereocenters. The third kappa shape index (κ3) is 2.61. The van der Waals surface area contributed by atoms with Crippen molar-refractivity contribution in [3.63, 3.8) is 0 Å². The number of ether oxygens (including phenoxy) is 1. The molecular formula is C18H24O4. The molecule has 0 saturated heterocycles. The molecule has 2 rings (SSSR count). The van der Waals surface area contributed by atoms with Gasteiger partial charge in [0, 0.05) is 17.0 Å². The van der Waals surface area contributed by atoms with Gasteiger partial charge in [-0.25, -0.2) is 0 Å². The van der Waals surface area contributed by atoms with E-state index in [1.807, 2.05) is 6.92 Å². The van der Waals surface area contributed by atoms with Gasteiger partial charge in [-0.05, 0) is 12.8 Å². The lowest BCUT2D eigenvalue weighted by Crippen LogP contribution is -2.51. The molecule has 0 spiro atoms. The minimum Gasteiger partial charge on any atom is -0.394 e. The summed E-state index contributed by atoms with van der Waals surface area (Å²) in [4.78, 5) is 25.9. The Bertz CT molecular complexity index is 515. The highest BCUT2D eigenvalue weighted by Gasteiger charge is 2.57. The van der Waals surface area contributed by atoms with Crippen LogP contribution >= 0.6 is 0 Å². The number of benzene rings is 1. The number of hydrogen-bond donors (Lipinski definition) is 1. The number of carbonyl (C=O) groups is 2. The van der Waals surface area contributed by atoms with Gasteiger partial charge in [0.1, 0.15) is 0 Å². The van der Waals surface area contributed by atoms with Crippen molar-refractivity contribution in [3.8, 4) is 0 Å². The number of ketones is 2. The van der Waals surface area contributed by atoms with E-state index in [1.165, 1.54) is 0 Å². The maximum Gasteiger partial charge on any atom is 0.203 e. The van der Waals surface area contributed by atoms with Gasteiger partial charge in [-0.1, -0.05) is 51.0 Å². The molecule has 4 nitrogen and oxygen atoms in total. The van der Waals surface area contributed by atoms with E-state index in [2.05, 4.69) is 6.92 Å². The second-order valence-electron chi connectivity index (χ2n) is 5.76. The molecule has 0 aliphatic heterocycles. The van der Waals surface area contributed by atoms with Crippen molar-refractivity contribution in [2.24, 2.45) is 5.92 Å². The number of Topliss-reactive ketones (excluding diaryl/α,β-unsaturated/α-hetero) is 2. The molecule has 1 aromatic rings. The second-order valence-corrected chi connectivity index (χ2v) is 5.76. The zero-order valence-electron chi connectivity index (χ0n) is 13.3. The van der Waals surface area contributed by atoms with Crippen molar-refractivity contribution >= 4 is 11.6 Å². The van der Waals surface area contributed by atoms with Crippen LogP contribution in [0, 0.1) is 5.92 Å². The fourth-order valence-electron chi connectivity index (χ4n) is 3.35. The average Bonchev–Trinajstić information content (AvgIpc) is 2.77. The summed E-state index contributed by atoms with van der Waals surface area (Å²) < 4.78 is 5.75. The van der Waals surface area contributed by atoms with Crippen molar-refractivity contribution in [2.75, 3.05) is 13.2 Å². The van der Waals surface area contributed by atoms with Crippen molar-refractivity contribution in [1.82, 2.24) is 0 Å². The van der Waals surface area contributed by atoms with E-state index in [-0.39, 0.29) is 30.7 Å². The molecule has 1 atom stereocenters. The Labute approximate surface area is 131 Å². The van der Waals surface area contributed by atoms with E-state index in [4.69, 9.17) is 9.84 Å². The third-order valence-electron chi connectivity index (χ3n) is 4.49. The maximum atomic E-state index is 13.0. The number of fused-ring (bicyclic) bond motifs is 1. The molecule has 0 radical (unpaired) electrons. The van der Waals surface area contributed by atoms with E-state index < -0.39 is 5.60 Å². The first-order valence-electron chi connectivity index (χ1n) is 8.06. The Morgan fingerprint density at radius 2 is 1.73 bits per heavy atom. The molecule has 1 aromatic carbocycles. The van der Waals surface area contributed by atoms with Gasteiger partial charge in [0.25, 0.3) is 0 Å². The predicted molar refractivity (Wildman–Crippen MR) is 84.2 cm³/mol. The second kappa shape index (κ2) is 7.16. The number of aliphatic hydroxyl groups excluding tert-OH is 1. The van der Waals surface area contributed by atoms with E-state index in [0.29, 0.717) is 17.5 Å². The summed E-state index contributed by atoms with van der Waals surface area (Å²) in [7, 11) is 0. The highest BCUT2D eigenvalue weighted by atomic mass is 16.5. The fraction of sp³-hybridized carbons (Fsp3) is 0.556. The Morgan fingerprint density at radius 3 is 2.18 bits per heavy atom. The minimum atomic E-state index is -1.45. The lowest BCUT2D eigenvalue weighted by atomic mass is 9.78. The van der Waals surface area contributed by atoms with Crippen molar-refractivity contribution in [2.45, 2.75) is 45.1 Å². The largest absolute Gasteiger partial charge is 0.394 e. The quantitative estimate of drug-likeness (QED) is 0.750. The predicted octanol–water partition coefficient (Wildman–Crippen LogP) is 3.03. The van der Waals surface area contributed by atoms with Gasteiger partial charge in [0.05, 0.1) is 13.2 Å². The zero-order chi connectivity index (χ0) is 16.2. The lowest BCUT2D eigenvalue weighted by molar-refractivity contribution is -0.0508. The first kappa shape index (κ1) is 16.8. The molecule has 1 N–H and O–H groups in total. The van der Waals surface area contributed by atoms with Crippen LogP contribution in [0.3, 0.4) is 0 Å². The number of rotatable bonds is 8. The molecular weight excluding hydrogens is 280 g/mol. The van der Waals surface area contributed by atoms with Gasteiger partial charge in [0.2, 0.25) is 11.6 Å². The van der Waals surface area contributed by atoms with Gasteiger partial charge in [0.15, 0.2) is 5.60 Å². The van der Waals surface area contributed by atoms with Crippen LogP contribution in [0.2, 0.25) is 0 Å². The number of unbranched alkanes of at least 4 members (excludes halogenated alkanes) is 1. The molecule has 22 heavy (non-hydrogen) atoms. The molecule has 0 heterocycles. The Balaban J connectivity index is 2.46. The highest BCUT2D eigenvalue weighted by molar-refractivity contribution is 6.32. The minimum absolute atomic E-state index is 0.00586. The van der Waals surface area contributed by atoms with Crippen molar-refractivity contribution < 1.29 is 19.4 Å². The Hall–Kier alpha value is -1.52. The summed E-state index contributed by atoms with van der Waals surface area (Å²) >= 11 is 0. The fourth-order valence-corrected chi connectivity index (χ4v) is 3.35. The summed E-state index contributed by atoms with van der Waals surface area (Å²) in [5, 5.41) is 9.11. The first-order chi connectivity index (χ1) is 10.6. The summed E-state index contributed by atoms with van der Waals surface area (Å²) in [5.74, 6) is -0.652. The van der Waals surface area contributed by atoms with Crippen LogP contribution in [-0.2, 0) is 4.74 Å². The third-order valence-corrected chi connectivity index (χ3v) is 4.49. The summed E-state index contributed by atoms with van der Waals surface area (Å²) in [6.07, 6.45) is 3.41. The van der Waals surface area contributed by atoms with E-state index >= 15 is 0 Å². The molecule has 0 amide bonds. The van der Waals surface area contributed by atoms with E-state index in [0.717, 1.165) is 19.3 Å². The van der Waals surface area contributed by atoms with E-state index in [9.17, 15) is 9.59 Å². The first-order valence-corrected chi connectivity index (χ1v) is 8.06. The van der Waals surface area contributed by atoms with E-state index in [1.54, 1.807) is 24.3 Å². The lowest BCUT2D eigenvalue weighted by Gasteiger charge is -2.34. The SMILES string of the molecule is CCCCC(CC)C1(OCCO)C(=O)c2ccccc2C1=O. The molecule has 0 saturated carbocycles. The Morgan fingerprint density at radius 1 is 1.14 bits per heavy atom. The summed E-state index contributed by atoms with van der Waals surface area (Å²) in [6.45, 7) is 3.85. The Kier molecular flexibility index (Phi) is 5.48. The molecule has 0 fully saturated rings. The van der Waals surface area contributed by atoms with Crippen LogP contribution in [0.4, 0.5) is 0 Å². The van der Waals surface area contributed by atoms with Crippen LogP contribution in [-0.4, -0.2) is 35.5 Å². The van der Waals surface area contributed by atoms with Gasteiger partial charge >= 0.3 is 0 Å². The van der Waals surface area contributed by atoms with Gasteiger partial charge < -0.3 is 9.84 Å². The van der Waals surface area contributed by atoms with Gasteiger partial charge in [-0.2, -0.15) is 0 Å². The van der Waals surface area contributed by atoms with Crippen LogP contribution in [0.5, 0.6) is 0 Å². The van der Waals surface area contributed by atoms with Gasteiger partial charge in [-0.15, -0.1) is 0 Å². The molecule has 0 aromatic heterocycles. The number of aliphatic hydroxyl groups is 1. The smallest absolute Gasteiger partial charge is 0.203 e. The zero-order valence-corrected chi connectivity index (χ0v) is 13.3. The van der Waals surface area contributed by atoms with Crippen LogP contribution in [0.25, 0.3) is 0 Å². The molecule has 4 heteroatoms. The summed E-state index contributed by atoms with van der Waals surface area (Å²) in [5.41, 5.74) is -0.558. The molecule has 1 aliphatic carbocycles. The highest BCUT2D eigenvalue weighted by Crippen LogP contribution is 2.41. The van der Waals surface area contributed by atoms with Crippen molar-refractivity contribution in [3.05, 3.63) is 35.4 Å².